The van der Waals surface area contributed by atoms with E-state index in [2.05, 4.69) is 6.58 Å². The first kappa shape index (κ1) is 27.0. The van der Waals surface area contributed by atoms with Crippen molar-refractivity contribution in [3.63, 3.8) is 0 Å². The molecular formula is C29H34O7. The Kier molecular flexibility index (Phi) is 11.0. The van der Waals surface area contributed by atoms with Crippen molar-refractivity contribution in [2.45, 2.75) is 51.4 Å². The molecule has 3 rings (SSSR count). The summed E-state index contributed by atoms with van der Waals surface area (Å²) in [5, 5.41) is 0. The van der Waals surface area contributed by atoms with Crippen LogP contribution in [0.5, 0.6) is 17.2 Å². The van der Waals surface area contributed by atoms with Crippen LogP contribution in [-0.2, 0) is 19.1 Å². The molecule has 0 radical (unpaired) electrons. The Hall–Kier alpha value is -3.61. The Morgan fingerprint density at radius 2 is 1.19 bits per heavy atom. The van der Waals surface area contributed by atoms with Gasteiger partial charge in [-0.3, -0.25) is 9.59 Å². The average molecular weight is 495 g/mol. The molecule has 7 heteroatoms. The molecule has 1 aliphatic rings. The van der Waals surface area contributed by atoms with Crippen LogP contribution in [0, 0.1) is 11.8 Å². The number of rotatable bonds is 13. The van der Waals surface area contributed by atoms with Gasteiger partial charge in [0, 0.05) is 6.08 Å². The zero-order valence-corrected chi connectivity index (χ0v) is 20.6. The smallest absolute Gasteiger partial charge is 0.330 e. The topological polar surface area (TPSA) is 88.1 Å². The number of para-hydroxylation sites is 1. The largest absolute Gasteiger partial charge is 0.494 e. The van der Waals surface area contributed by atoms with Crippen LogP contribution in [0.25, 0.3) is 0 Å². The van der Waals surface area contributed by atoms with E-state index in [1.54, 1.807) is 36.4 Å². The number of ether oxygens (including phenoxy) is 4. The van der Waals surface area contributed by atoms with E-state index >= 15 is 0 Å². The van der Waals surface area contributed by atoms with Crippen LogP contribution in [0.2, 0.25) is 0 Å². The number of hydrogen-bond acceptors (Lipinski definition) is 7. The molecule has 0 unspecified atom stereocenters. The number of hydrogen-bond donors (Lipinski definition) is 0. The second-order valence-corrected chi connectivity index (χ2v) is 8.81. The van der Waals surface area contributed by atoms with E-state index in [1.807, 2.05) is 18.2 Å². The number of carbonyl (C=O) groups is 3. The normalized spacial score (nSPS) is 17.0. The summed E-state index contributed by atoms with van der Waals surface area (Å²) in [6, 6.07) is 16.1. The molecule has 192 valence electrons. The molecule has 2 aromatic rings. The van der Waals surface area contributed by atoms with E-state index in [0.29, 0.717) is 56.1 Å². The molecule has 7 nitrogen and oxygen atoms in total. The van der Waals surface area contributed by atoms with E-state index in [0.717, 1.165) is 25.7 Å². The predicted octanol–water partition coefficient (Wildman–Crippen LogP) is 5.67. The lowest BCUT2D eigenvalue weighted by molar-refractivity contribution is -0.145. The molecule has 0 aliphatic heterocycles. The summed E-state index contributed by atoms with van der Waals surface area (Å²) < 4.78 is 21.7. The molecule has 1 saturated carbocycles. The van der Waals surface area contributed by atoms with E-state index < -0.39 is 0 Å². The molecule has 36 heavy (non-hydrogen) atoms. The highest BCUT2D eigenvalue weighted by atomic mass is 16.5. The average Bonchev–Trinajstić information content (AvgIpc) is 2.91. The Balaban J connectivity index is 1.29. The molecule has 0 saturated heterocycles. The first-order valence-corrected chi connectivity index (χ1v) is 12.6. The monoisotopic (exact) mass is 494 g/mol. The fourth-order valence-electron chi connectivity index (χ4n) is 4.04. The lowest BCUT2D eigenvalue weighted by atomic mass is 9.82. The first-order chi connectivity index (χ1) is 17.5. The quantitative estimate of drug-likeness (QED) is 0.153. The Bertz CT molecular complexity index is 976. The summed E-state index contributed by atoms with van der Waals surface area (Å²) in [4.78, 5) is 35.9. The molecule has 0 atom stereocenters. The number of benzene rings is 2. The third-order valence-corrected chi connectivity index (χ3v) is 6.12. The first-order valence-electron chi connectivity index (χ1n) is 12.6. The highest BCUT2D eigenvalue weighted by Gasteiger charge is 2.32. The Morgan fingerprint density at radius 3 is 1.75 bits per heavy atom. The molecule has 2 aromatic carbocycles. The fourth-order valence-corrected chi connectivity index (χ4v) is 4.04. The highest BCUT2D eigenvalue weighted by molar-refractivity contribution is 5.81. The van der Waals surface area contributed by atoms with Crippen molar-refractivity contribution in [1.82, 2.24) is 0 Å². The van der Waals surface area contributed by atoms with Crippen LogP contribution >= 0.6 is 0 Å². The van der Waals surface area contributed by atoms with Crippen LogP contribution in [-0.4, -0.2) is 31.1 Å². The van der Waals surface area contributed by atoms with Gasteiger partial charge in [-0.05, 0) is 87.8 Å². The molecule has 0 spiro atoms. The van der Waals surface area contributed by atoms with E-state index in [9.17, 15) is 14.4 Å². The Labute approximate surface area is 212 Å². The van der Waals surface area contributed by atoms with E-state index in [-0.39, 0.29) is 29.7 Å². The zero-order valence-electron chi connectivity index (χ0n) is 20.6. The van der Waals surface area contributed by atoms with Crippen molar-refractivity contribution >= 4 is 17.9 Å². The van der Waals surface area contributed by atoms with Crippen molar-refractivity contribution in [3.05, 3.63) is 67.3 Å². The minimum absolute atomic E-state index is 0.194. The fraction of sp³-hybridized carbons (Fsp3) is 0.414. The van der Waals surface area contributed by atoms with Crippen LogP contribution in [0.1, 0.15) is 51.4 Å². The summed E-state index contributed by atoms with van der Waals surface area (Å²) in [6.07, 6.45) is 7.24. The van der Waals surface area contributed by atoms with Gasteiger partial charge >= 0.3 is 17.9 Å². The summed E-state index contributed by atoms with van der Waals surface area (Å²) in [5.41, 5.74) is 0. The van der Waals surface area contributed by atoms with Crippen LogP contribution in [0.15, 0.2) is 67.3 Å². The van der Waals surface area contributed by atoms with Crippen molar-refractivity contribution in [1.29, 1.82) is 0 Å². The summed E-state index contributed by atoms with van der Waals surface area (Å²) in [5.74, 6) is 0.428. The molecule has 0 aromatic heterocycles. The molecule has 0 N–H and O–H groups in total. The van der Waals surface area contributed by atoms with Crippen LogP contribution in [0.3, 0.4) is 0 Å². The molecular weight excluding hydrogens is 460 g/mol. The van der Waals surface area contributed by atoms with Gasteiger partial charge in [0.05, 0.1) is 25.0 Å². The maximum absolute atomic E-state index is 12.6. The van der Waals surface area contributed by atoms with Gasteiger partial charge in [-0.15, -0.1) is 0 Å². The molecule has 1 fully saturated rings. The zero-order chi connectivity index (χ0) is 25.6. The lowest BCUT2D eigenvalue weighted by Gasteiger charge is -2.25. The SMILES string of the molecule is C=CC(=O)OCCCCCCOc1ccc(OC(=O)C2CCC(C(=O)Oc3ccccc3)CC2)cc1. The third-order valence-electron chi connectivity index (χ3n) is 6.12. The van der Waals surface area contributed by atoms with Gasteiger partial charge in [0.1, 0.15) is 17.2 Å². The van der Waals surface area contributed by atoms with Gasteiger partial charge in [-0.2, -0.15) is 0 Å². The molecule has 0 bridgehead atoms. The van der Waals surface area contributed by atoms with Gasteiger partial charge in [-0.1, -0.05) is 24.8 Å². The minimum Gasteiger partial charge on any atom is -0.494 e. The lowest BCUT2D eigenvalue weighted by Crippen LogP contribution is -2.30. The van der Waals surface area contributed by atoms with Crippen molar-refractivity contribution in [2.75, 3.05) is 13.2 Å². The maximum Gasteiger partial charge on any atom is 0.330 e. The standard InChI is InChI=1S/C29H34O7/c1-2-27(30)34-21-9-4-3-8-20-33-24-16-18-26(19-17-24)36-29(32)23-14-12-22(13-15-23)28(31)35-25-10-6-5-7-11-25/h2,5-7,10-11,16-19,22-23H,1,3-4,8-9,12-15,20-21H2. The molecule has 0 amide bonds. The number of esters is 3. The Morgan fingerprint density at radius 1 is 0.694 bits per heavy atom. The summed E-state index contributed by atoms with van der Waals surface area (Å²) in [7, 11) is 0. The van der Waals surface area contributed by atoms with E-state index in [4.69, 9.17) is 18.9 Å². The van der Waals surface area contributed by atoms with Crippen molar-refractivity contribution < 1.29 is 33.3 Å². The molecule has 0 heterocycles. The van der Waals surface area contributed by atoms with Gasteiger partial charge in [-0.25, -0.2) is 4.79 Å². The second kappa shape index (κ2) is 14.7. The highest BCUT2D eigenvalue weighted by Crippen LogP contribution is 2.31. The summed E-state index contributed by atoms with van der Waals surface area (Å²) >= 11 is 0. The van der Waals surface area contributed by atoms with Gasteiger partial charge < -0.3 is 18.9 Å². The van der Waals surface area contributed by atoms with Crippen molar-refractivity contribution in [3.8, 4) is 17.2 Å². The van der Waals surface area contributed by atoms with Crippen LogP contribution in [0.4, 0.5) is 0 Å². The second-order valence-electron chi connectivity index (χ2n) is 8.81. The predicted molar refractivity (Wildman–Crippen MR) is 135 cm³/mol. The third kappa shape index (κ3) is 9.21. The maximum atomic E-state index is 12.6. The van der Waals surface area contributed by atoms with Gasteiger partial charge in [0.15, 0.2) is 0 Å². The van der Waals surface area contributed by atoms with Gasteiger partial charge in [0.25, 0.3) is 0 Å². The number of carbonyl (C=O) groups excluding carboxylic acids is 3. The van der Waals surface area contributed by atoms with E-state index in [1.165, 1.54) is 6.08 Å². The summed E-state index contributed by atoms with van der Waals surface area (Å²) in [6.45, 7) is 4.35. The van der Waals surface area contributed by atoms with Crippen LogP contribution < -0.4 is 14.2 Å². The molecule has 1 aliphatic carbocycles. The van der Waals surface area contributed by atoms with Crippen molar-refractivity contribution in [2.24, 2.45) is 11.8 Å². The van der Waals surface area contributed by atoms with Gasteiger partial charge in [0.2, 0.25) is 0 Å². The number of unbranched alkanes of at least 4 members (excludes halogenated alkanes) is 3. The minimum atomic E-state index is -0.388.